The van der Waals surface area contributed by atoms with Crippen molar-refractivity contribution in [3.63, 3.8) is 0 Å². The largest absolute Gasteiger partial charge is 0.354 e. The number of rotatable bonds is 4. The Morgan fingerprint density at radius 1 is 1.29 bits per heavy atom. The number of nitriles is 1. The first kappa shape index (κ1) is 15.3. The molecule has 1 N–H and O–H groups in total. The summed E-state index contributed by atoms with van der Waals surface area (Å²) >= 11 is 11.9. The smallest absolute Gasteiger partial charge is 0.300 e. The van der Waals surface area contributed by atoms with Crippen LogP contribution in [0, 0.1) is 11.3 Å². The number of carbonyl (C=O) groups excluding carboxylic acids is 3. The molecule has 108 valence electrons. The van der Waals surface area contributed by atoms with Crippen molar-refractivity contribution in [3.8, 4) is 6.07 Å². The highest BCUT2D eigenvalue weighted by atomic mass is 35.5. The lowest BCUT2D eigenvalue weighted by atomic mass is 10.1. The van der Waals surface area contributed by atoms with Gasteiger partial charge in [0.2, 0.25) is 5.91 Å². The summed E-state index contributed by atoms with van der Waals surface area (Å²) in [5.74, 6) is -2.13. The fourth-order valence-corrected chi connectivity index (χ4v) is 2.46. The number of hydrogen-bond donors (Lipinski definition) is 1. The van der Waals surface area contributed by atoms with Crippen LogP contribution in [0.2, 0.25) is 10.0 Å². The molecule has 1 aliphatic rings. The van der Waals surface area contributed by atoms with Crippen LogP contribution in [0.5, 0.6) is 0 Å². The second-order valence-corrected chi connectivity index (χ2v) is 5.05. The first-order valence-electron chi connectivity index (χ1n) is 5.95. The molecule has 1 aromatic rings. The van der Waals surface area contributed by atoms with Gasteiger partial charge in [0.1, 0.15) is 6.54 Å². The number of anilines is 1. The molecule has 0 radical (unpaired) electrons. The van der Waals surface area contributed by atoms with Crippen LogP contribution in [0.4, 0.5) is 5.69 Å². The Hall–Kier alpha value is -2.10. The summed E-state index contributed by atoms with van der Waals surface area (Å²) in [5.41, 5.74) is 0.161. The summed E-state index contributed by atoms with van der Waals surface area (Å²) in [4.78, 5) is 36.6. The van der Waals surface area contributed by atoms with E-state index in [1.807, 2.05) is 6.07 Å². The molecule has 2 amide bonds. The average molecular weight is 326 g/mol. The van der Waals surface area contributed by atoms with Gasteiger partial charge in [-0.15, -0.1) is 0 Å². The van der Waals surface area contributed by atoms with E-state index in [2.05, 4.69) is 5.32 Å². The van der Waals surface area contributed by atoms with Gasteiger partial charge in [0.15, 0.2) is 0 Å². The highest BCUT2D eigenvalue weighted by molar-refractivity contribution is 6.57. The van der Waals surface area contributed by atoms with Gasteiger partial charge in [0.05, 0.1) is 33.8 Å². The van der Waals surface area contributed by atoms with Crippen molar-refractivity contribution < 1.29 is 14.4 Å². The third-order valence-corrected chi connectivity index (χ3v) is 3.49. The molecule has 0 aromatic heterocycles. The number of amides is 2. The van der Waals surface area contributed by atoms with Crippen LogP contribution in [0.25, 0.3) is 0 Å². The van der Waals surface area contributed by atoms with Crippen molar-refractivity contribution in [2.45, 2.75) is 6.42 Å². The average Bonchev–Trinajstić information content (AvgIpc) is 2.69. The molecule has 8 heteroatoms. The van der Waals surface area contributed by atoms with Crippen LogP contribution in [0.3, 0.4) is 0 Å². The van der Waals surface area contributed by atoms with Crippen LogP contribution in [-0.4, -0.2) is 30.7 Å². The Labute approximate surface area is 130 Å². The zero-order valence-corrected chi connectivity index (χ0v) is 12.2. The second-order valence-electron chi connectivity index (χ2n) is 4.23. The van der Waals surface area contributed by atoms with Crippen LogP contribution in [0.1, 0.15) is 16.8 Å². The molecule has 1 aliphatic heterocycles. The maximum Gasteiger partial charge on any atom is 0.300 e. The number of benzene rings is 1. The molecule has 0 fully saturated rings. The standard InChI is InChI=1S/C13H9Cl2N3O3/c14-7-2-3-8(15)11-10(7)12(20)13(21)18(11)6-9(19)17-5-1-4-16/h2-3H,1,5-6H2,(H,17,19). The Kier molecular flexibility index (Phi) is 4.46. The zero-order valence-electron chi connectivity index (χ0n) is 10.7. The van der Waals surface area contributed by atoms with Crippen LogP contribution in [-0.2, 0) is 9.59 Å². The Morgan fingerprint density at radius 2 is 1.95 bits per heavy atom. The molecule has 0 spiro atoms. The van der Waals surface area contributed by atoms with E-state index in [0.717, 1.165) is 4.90 Å². The summed E-state index contributed by atoms with van der Waals surface area (Å²) in [5, 5.41) is 11.1. The number of Topliss-reactive ketones (excluding diaryl/α,β-unsaturated/α-hetero) is 1. The number of halogens is 2. The van der Waals surface area contributed by atoms with Gasteiger partial charge in [-0.25, -0.2) is 0 Å². The van der Waals surface area contributed by atoms with E-state index < -0.39 is 17.6 Å². The Morgan fingerprint density at radius 3 is 2.62 bits per heavy atom. The number of nitrogens with zero attached hydrogens (tertiary/aromatic N) is 2. The maximum absolute atomic E-state index is 12.0. The molecular weight excluding hydrogens is 317 g/mol. The highest BCUT2D eigenvalue weighted by Crippen LogP contribution is 2.39. The van der Waals surface area contributed by atoms with E-state index in [1.54, 1.807) is 0 Å². The predicted octanol–water partition coefficient (Wildman–Crippen LogP) is 1.55. The van der Waals surface area contributed by atoms with E-state index in [0.29, 0.717) is 0 Å². The van der Waals surface area contributed by atoms with Gasteiger partial charge in [-0.1, -0.05) is 23.2 Å². The van der Waals surface area contributed by atoms with Crippen molar-refractivity contribution >= 4 is 46.5 Å². The van der Waals surface area contributed by atoms with Gasteiger partial charge in [0, 0.05) is 6.54 Å². The van der Waals surface area contributed by atoms with E-state index in [4.69, 9.17) is 28.5 Å². The number of ketones is 1. The van der Waals surface area contributed by atoms with Gasteiger partial charge in [-0.05, 0) is 12.1 Å². The van der Waals surface area contributed by atoms with Crippen LogP contribution < -0.4 is 10.2 Å². The highest BCUT2D eigenvalue weighted by Gasteiger charge is 2.40. The Bertz CT molecular complexity index is 682. The second kappa shape index (κ2) is 6.12. The molecule has 0 bridgehead atoms. The van der Waals surface area contributed by atoms with Gasteiger partial charge < -0.3 is 5.32 Å². The lowest BCUT2D eigenvalue weighted by molar-refractivity contribution is -0.122. The third kappa shape index (κ3) is 2.84. The van der Waals surface area contributed by atoms with Gasteiger partial charge >= 0.3 is 0 Å². The lowest BCUT2D eigenvalue weighted by Gasteiger charge is -2.17. The minimum absolute atomic E-state index is 0.0130. The number of fused-ring (bicyclic) bond motifs is 1. The summed E-state index contributed by atoms with van der Waals surface area (Å²) in [6, 6.07) is 4.75. The first-order chi connectivity index (χ1) is 9.97. The van der Waals surface area contributed by atoms with Gasteiger partial charge in [-0.2, -0.15) is 5.26 Å². The number of nitrogens with one attached hydrogen (secondary N) is 1. The summed E-state index contributed by atoms with van der Waals surface area (Å²) in [6.07, 6.45) is 0.155. The number of hydrogen-bond acceptors (Lipinski definition) is 4. The fraction of sp³-hybridized carbons (Fsp3) is 0.231. The predicted molar refractivity (Wildman–Crippen MR) is 76.4 cm³/mol. The molecule has 0 saturated carbocycles. The Balaban J connectivity index is 2.26. The quantitative estimate of drug-likeness (QED) is 0.671. The molecule has 1 aromatic carbocycles. The van der Waals surface area contributed by atoms with Crippen molar-refractivity contribution in [1.29, 1.82) is 5.26 Å². The van der Waals surface area contributed by atoms with Crippen LogP contribution in [0.15, 0.2) is 12.1 Å². The minimum Gasteiger partial charge on any atom is -0.354 e. The maximum atomic E-state index is 12.0. The van der Waals surface area contributed by atoms with E-state index in [-0.39, 0.29) is 40.8 Å². The van der Waals surface area contributed by atoms with Crippen LogP contribution >= 0.6 is 23.2 Å². The van der Waals surface area contributed by atoms with E-state index in [1.165, 1.54) is 12.1 Å². The van der Waals surface area contributed by atoms with Gasteiger partial charge in [-0.3, -0.25) is 19.3 Å². The zero-order chi connectivity index (χ0) is 15.6. The molecule has 2 rings (SSSR count). The number of carbonyl (C=O) groups is 3. The molecule has 0 unspecified atom stereocenters. The fourth-order valence-electron chi connectivity index (χ4n) is 1.96. The van der Waals surface area contributed by atoms with Crippen molar-refractivity contribution in [1.82, 2.24) is 5.32 Å². The van der Waals surface area contributed by atoms with Gasteiger partial charge in [0.25, 0.3) is 11.7 Å². The summed E-state index contributed by atoms with van der Waals surface area (Å²) in [7, 11) is 0. The molecule has 1 heterocycles. The molecule has 6 nitrogen and oxygen atoms in total. The van der Waals surface area contributed by atoms with Crippen molar-refractivity contribution in [2.24, 2.45) is 0 Å². The lowest BCUT2D eigenvalue weighted by Crippen LogP contribution is -2.40. The normalized spacial score (nSPS) is 13.1. The topological polar surface area (TPSA) is 90.3 Å². The molecule has 0 aliphatic carbocycles. The van der Waals surface area contributed by atoms with E-state index in [9.17, 15) is 14.4 Å². The molecule has 21 heavy (non-hydrogen) atoms. The third-order valence-electron chi connectivity index (χ3n) is 2.87. The molecular formula is C13H9Cl2N3O3. The summed E-state index contributed by atoms with van der Waals surface area (Å²) < 4.78 is 0. The van der Waals surface area contributed by atoms with E-state index >= 15 is 0 Å². The monoisotopic (exact) mass is 325 g/mol. The SMILES string of the molecule is N#CCCNC(=O)CN1C(=O)C(=O)c2c(Cl)ccc(Cl)c21. The van der Waals surface area contributed by atoms with Crippen molar-refractivity contribution in [2.75, 3.05) is 18.0 Å². The van der Waals surface area contributed by atoms with Crippen molar-refractivity contribution in [3.05, 3.63) is 27.7 Å². The molecule has 0 saturated heterocycles. The first-order valence-corrected chi connectivity index (χ1v) is 6.70. The molecule has 0 atom stereocenters. The minimum atomic E-state index is -0.851. The summed E-state index contributed by atoms with van der Waals surface area (Å²) in [6.45, 7) is -0.190.